The van der Waals surface area contributed by atoms with E-state index in [0.717, 1.165) is 36.6 Å². The average molecular weight is 628 g/mol. The van der Waals surface area contributed by atoms with Crippen LogP contribution < -0.4 is 20.7 Å². The molecule has 9 nitrogen and oxygen atoms in total. The maximum Gasteiger partial charge on any atom is 0.417 e. The van der Waals surface area contributed by atoms with Gasteiger partial charge < -0.3 is 25.2 Å². The Morgan fingerprint density at radius 2 is 1.95 bits per heavy atom. The molecule has 3 aromatic heterocycles. The zero-order valence-electron chi connectivity index (χ0n) is 22.7. The molecule has 2 aliphatic rings. The lowest BCUT2D eigenvalue weighted by Gasteiger charge is -2.34. The van der Waals surface area contributed by atoms with Gasteiger partial charge in [0.15, 0.2) is 5.82 Å². The zero-order valence-corrected chi connectivity index (χ0v) is 23.5. The summed E-state index contributed by atoms with van der Waals surface area (Å²) in [6.45, 7) is 0.962. The average Bonchev–Trinajstić information content (AvgIpc) is 3.71. The van der Waals surface area contributed by atoms with Crippen molar-refractivity contribution in [3.05, 3.63) is 59.0 Å². The largest absolute Gasteiger partial charge is 0.463 e. The Kier molecular flexibility index (Phi) is 6.78. The van der Waals surface area contributed by atoms with Crippen LogP contribution in [0.1, 0.15) is 29.5 Å². The molecule has 3 N–H and O–H groups in total. The number of benzene rings is 2. The molecule has 2 fully saturated rings. The van der Waals surface area contributed by atoms with Gasteiger partial charge in [0.2, 0.25) is 0 Å². The number of ether oxygens (including phenoxy) is 1. The number of nitrogens with one attached hydrogen (secondary N) is 1. The summed E-state index contributed by atoms with van der Waals surface area (Å²) in [5.41, 5.74) is 3.51. The van der Waals surface area contributed by atoms with Gasteiger partial charge in [0, 0.05) is 53.5 Å². The number of nitrogens with two attached hydrogens (primary N) is 1. The highest BCUT2D eigenvalue weighted by Gasteiger charge is 2.39. The number of anilines is 2. The zero-order chi connectivity index (χ0) is 30.7. The minimum Gasteiger partial charge on any atom is -0.463 e. The second-order valence-corrected chi connectivity index (χ2v) is 11.8. The Hall–Kier alpha value is -4.55. The summed E-state index contributed by atoms with van der Waals surface area (Å²) < 4.78 is 86.3. The number of aromatic nitrogens is 3. The topological polar surface area (TPSA) is 126 Å². The molecule has 2 aliphatic heterocycles. The van der Waals surface area contributed by atoms with Gasteiger partial charge >= 0.3 is 12.2 Å². The van der Waals surface area contributed by atoms with E-state index in [0.29, 0.717) is 30.8 Å². The normalized spacial score (nSPS) is 18.3. The maximum absolute atomic E-state index is 16.8. The van der Waals surface area contributed by atoms with E-state index in [2.05, 4.69) is 20.4 Å². The number of nitrogen functional groups attached to an aromatic ring is 1. The number of piperazine rings is 1. The Morgan fingerprint density at radius 1 is 1.18 bits per heavy atom. The number of hydrogen-bond acceptors (Lipinski definition) is 10. The van der Waals surface area contributed by atoms with E-state index in [1.807, 2.05) is 11.0 Å². The lowest BCUT2D eigenvalue weighted by molar-refractivity contribution is -0.137. The fourth-order valence-electron chi connectivity index (χ4n) is 6.07. The van der Waals surface area contributed by atoms with Crippen LogP contribution in [0.2, 0.25) is 0 Å². The maximum atomic E-state index is 16.8. The first-order chi connectivity index (χ1) is 21.1. The van der Waals surface area contributed by atoms with Gasteiger partial charge in [-0.25, -0.2) is 8.78 Å². The van der Waals surface area contributed by atoms with Gasteiger partial charge in [0.25, 0.3) is 0 Å². The quantitative estimate of drug-likeness (QED) is 0.224. The Bertz CT molecular complexity index is 1940. The summed E-state index contributed by atoms with van der Waals surface area (Å²) in [6, 6.07) is 4.59. The number of halogens is 5. The summed E-state index contributed by atoms with van der Waals surface area (Å²) in [7, 11) is 0. The fourth-order valence-corrected chi connectivity index (χ4v) is 7.02. The molecular weight excluding hydrogens is 605 g/mol. The van der Waals surface area contributed by atoms with Gasteiger partial charge in [-0.05, 0) is 30.5 Å². The van der Waals surface area contributed by atoms with E-state index in [1.165, 1.54) is 12.5 Å². The third-order valence-electron chi connectivity index (χ3n) is 8.02. The number of fused-ring (bicyclic) bond motifs is 4. The van der Waals surface area contributed by atoms with Crippen LogP contribution in [0.15, 0.2) is 35.2 Å². The third-order valence-corrected chi connectivity index (χ3v) is 9.04. The third kappa shape index (κ3) is 4.74. The minimum absolute atomic E-state index is 0.0619. The van der Waals surface area contributed by atoms with Crippen molar-refractivity contribution in [1.29, 1.82) is 5.26 Å². The van der Waals surface area contributed by atoms with Crippen molar-refractivity contribution >= 4 is 43.1 Å². The van der Waals surface area contributed by atoms with Crippen molar-refractivity contribution in [2.45, 2.75) is 37.5 Å². The number of nitrogens with zero attached hydrogens (tertiary/aromatic N) is 5. The van der Waals surface area contributed by atoms with Crippen LogP contribution in [0.3, 0.4) is 0 Å². The highest BCUT2D eigenvalue weighted by atomic mass is 32.1. The van der Waals surface area contributed by atoms with Gasteiger partial charge in [-0.15, -0.1) is 11.3 Å². The molecular formula is C29H22F5N7O2S. The van der Waals surface area contributed by atoms with Crippen LogP contribution in [0.4, 0.5) is 32.8 Å². The molecule has 15 heteroatoms. The van der Waals surface area contributed by atoms with Crippen molar-refractivity contribution in [2.24, 2.45) is 0 Å². The lowest BCUT2D eigenvalue weighted by atomic mass is 9.92. The van der Waals surface area contributed by atoms with E-state index < -0.39 is 34.5 Å². The molecule has 226 valence electrons. The minimum atomic E-state index is -5.03. The molecule has 7 rings (SSSR count). The smallest absolute Gasteiger partial charge is 0.417 e. The van der Waals surface area contributed by atoms with Crippen LogP contribution in [0, 0.1) is 23.0 Å². The number of nitriles is 1. The van der Waals surface area contributed by atoms with Crippen LogP contribution >= 0.6 is 11.3 Å². The van der Waals surface area contributed by atoms with E-state index in [1.54, 1.807) is 0 Å². The van der Waals surface area contributed by atoms with E-state index in [9.17, 15) is 22.8 Å². The first-order valence-electron chi connectivity index (χ1n) is 13.7. The molecule has 44 heavy (non-hydrogen) atoms. The summed E-state index contributed by atoms with van der Waals surface area (Å²) in [5, 5.41) is 16.4. The Morgan fingerprint density at radius 3 is 2.64 bits per heavy atom. The molecule has 2 bridgehead atoms. The molecule has 2 saturated heterocycles. The van der Waals surface area contributed by atoms with Gasteiger partial charge in [-0.3, -0.25) is 0 Å². The van der Waals surface area contributed by atoms with Crippen molar-refractivity contribution in [3.63, 3.8) is 0 Å². The molecule has 2 unspecified atom stereocenters. The highest BCUT2D eigenvalue weighted by Crippen LogP contribution is 2.48. The predicted octanol–water partition coefficient (Wildman–Crippen LogP) is 5.81. The van der Waals surface area contributed by atoms with Crippen LogP contribution in [-0.4, -0.2) is 46.9 Å². The van der Waals surface area contributed by atoms with Crippen molar-refractivity contribution in [1.82, 2.24) is 20.4 Å². The fraction of sp³-hybridized carbons (Fsp3) is 0.310. The monoisotopic (exact) mass is 627 g/mol. The molecule has 2 atom stereocenters. The second kappa shape index (κ2) is 10.6. The standard InChI is InChI=1S/C29H22F5N7O2S/c30-20-4-3-16(21-18(8-35)26(36)44-25(20)21)22-19(29(32,33)34)7-17-24(23(22)31)39-28(42-6-5-13-9-37-43-12-13)40-27(17)41-10-14-1-2-15(11-41)38-14/h3-4,7,9,12,14-15,38H,1-2,5-6,10-11,36H2. The van der Waals surface area contributed by atoms with Crippen LogP contribution in [0.25, 0.3) is 32.1 Å². The Balaban J connectivity index is 1.46. The summed E-state index contributed by atoms with van der Waals surface area (Å²) in [4.78, 5) is 10.6. The summed E-state index contributed by atoms with van der Waals surface area (Å²) in [6.07, 6.45) is 0.0602. The first kappa shape index (κ1) is 28.2. The second-order valence-electron chi connectivity index (χ2n) is 10.8. The number of hydrogen-bond donors (Lipinski definition) is 2. The molecule has 0 radical (unpaired) electrons. The molecule has 0 aliphatic carbocycles. The number of rotatable bonds is 6. The highest BCUT2D eigenvalue weighted by molar-refractivity contribution is 7.23. The van der Waals surface area contributed by atoms with Gasteiger partial charge in [-0.2, -0.15) is 28.4 Å². The van der Waals surface area contributed by atoms with E-state index in [4.69, 9.17) is 15.0 Å². The van der Waals surface area contributed by atoms with Gasteiger partial charge in [0.05, 0.1) is 28.6 Å². The molecule has 0 spiro atoms. The number of alkyl halides is 3. The Labute approximate surface area is 250 Å². The molecule has 0 amide bonds. The van der Waals surface area contributed by atoms with Crippen LogP contribution in [-0.2, 0) is 12.6 Å². The SMILES string of the molecule is N#Cc1c(N)sc2c(F)ccc(-c3c(C(F)(F)F)cc4c(N5CC6CCC(C5)N6)nc(OCCc5cnoc5)nc4c3F)c12. The molecule has 2 aromatic carbocycles. The van der Waals surface area contributed by atoms with Gasteiger partial charge in [-0.1, -0.05) is 11.2 Å². The summed E-state index contributed by atoms with van der Waals surface area (Å²) >= 11 is 0.707. The van der Waals surface area contributed by atoms with Crippen molar-refractivity contribution in [3.8, 4) is 23.2 Å². The molecule has 5 aromatic rings. The number of thiophene rings is 1. The van der Waals surface area contributed by atoms with E-state index in [-0.39, 0.29) is 62.1 Å². The van der Waals surface area contributed by atoms with Crippen molar-refractivity contribution < 1.29 is 31.2 Å². The van der Waals surface area contributed by atoms with Gasteiger partial charge in [0.1, 0.15) is 34.5 Å². The molecule has 0 saturated carbocycles. The predicted molar refractivity (Wildman–Crippen MR) is 152 cm³/mol. The van der Waals surface area contributed by atoms with Crippen LogP contribution in [0.5, 0.6) is 6.01 Å². The van der Waals surface area contributed by atoms with Crippen molar-refractivity contribution in [2.75, 3.05) is 30.3 Å². The first-order valence-corrected chi connectivity index (χ1v) is 14.5. The lowest BCUT2D eigenvalue weighted by Crippen LogP contribution is -2.51. The molecule has 5 heterocycles. The summed E-state index contributed by atoms with van der Waals surface area (Å²) in [5.74, 6) is -1.98. The van der Waals surface area contributed by atoms with E-state index >= 15 is 4.39 Å².